The average Bonchev–Trinajstić information content (AvgIpc) is 2.55. The van der Waals surface area contributed by atoms with Crippen LogP contribution in [0.2, 0.25) is 0 Å². The minimum atomic E-state index is -1.28. The quantitative estimate of drug-likeness (QED) is 0.740. The van der Waals surface area contributed by atoms with Gasteiger partial charge in [0.25, 0.3) is 5.91 Å². The summed E-state index contributed by atoms with van der Waals surface area (Å²) in [6, 6.07) is 5.36. The Bertz CT molecular complexity index is 461. The van der Waals surface area contributed by atoms with Gasteiger partial charge >= 0.3 is 6.03 Å². The lowest BCUT2D eigenvalue weighted by Gasteiger charge is -2.25. The first kappa shape index (κ1) is 10.6. The van der Waals surface area contributed by atoms with Gasteiger partial charge in [0.15, 0.2) is 0 Å². The third-order valence-electron chi connectivity index (χ3n) is 2.81. The van der Waals surface area contributed by atoms with Crippen LogP contribution in [0.3, 0.4) is 0 Å². The van der Waals surface area contributed by atoms with Gasteiger partial charge in [-0.2, -0.15) is 0 Å². The first-order valence-corrected chi connectivity index (χ1v) is 4.99. The Kier molecular flexibility index (Phi) is 2.38. The van der Waals surface area contributed by atoms with Crippen LogP contribution in [0.4, 0.5) is 9.18 Å². The molecule has 1 aliphatic rings. The van der Waals surface area contributed by atoms with Gasteiger partial charge in [-0.3, -0.25) is 10.1 Å². The molecule has 2 rings (SSSR count). The fraction of sp³-hybridized carbons (Fsp3) is 0.273. The Hall–Kier alpha value is -1.91. The molecular weight excluding hydrogens is 211 g/mol. The zero-order valence-electron chi connectivity index (χ0n) is 8.71. The third kappa shape index (κ3) is 1.36. The summed E-state index contributed by atoms with van der Waals surface area (Å²) in [4.78, 5) is 22.9. The van der Waals surface area contributed by atoms with E-state index >= 15 is 0 Å². The number of halogens is 1. The predicted octanol–water partition coefficient (Wildman–Crippen LogP) is 1.27. The van der Waals surface area contributed by atoms with E-state index in [4.69, 9.17) is 0 Å². The van der Waals surface area contributed by atoms with E-state index in [9.17, 15) is 14.0 Å². The number of urea groups is 1. The first-order chi connectivity index (χ1) is 7.60. The summed E-state index contributed by atoms with van der Waals surface area (Å²) < 4.78 is 13.6. The molecule has 4 nitrogen and oxygen atoms in total. The maximum Gasteiger partial charge on any atom is 0.322 e. The maximum atomic E-state index is 13.6. The zero-order chi connectivity index (χ0) is 11.8. The molecule has 16 heavy (non-hydrogen) atoms. The number of hydrogen-bond acceptors (Lipinski definition) is 2. The van der Waals surface area contributed by atoms with Gasteiger partial charge in [0.05, 0.1) is 0 Å². The van der Waals surface area contributed by atoms with E-state index in [1.54, 1.807) is 13.0 Å². The van der Waals surface area contributed by atoms with Crippen LogP contribution in [0.1, 0.15) is 18.9 Å². The fourth-order valence-corrected chi connectivity index (χ4v) is 1.93. The highest BCUT2D eigenvalue weighted by molar-refractivity contribution is 6.07. The average molecular weight is 222 g/mol. The van der Waals surface area contributed by atoms with Crippen LogP contribution in [0.5, 0.6) is 0 Å². The van der Waals surface area contributed by atoms with E-state index in [1.807, 2.05) is 0 Å². The molecule has 1 aromatic rings. The fourth-order valence-electron chi connectivity index (χ4n) is 1.93. The van der Waals surface area contributed by atoms with Gasteiger partial charge in [-0.05, 0) is 12.5 Å². The molecule has 5 heteroatoms. The molecule has 1 fully saturated rings. The molecule has 1 unspecified atom stereocenters. The van der Waals surface area contributed by atoms with Crippen LogP contribution in [-0.2, 0) is 10.3 Å². The van der Waals surface area contributed by atoms with Gasteiger partial charge in [-0.25, -0.2) is 9.18 Å². The Morgan fingerprint density at radius 1 is 1.31 bits per heavy atom. The summed E-state index contributed by atoms with van der Waals surface area (Å²) in [7, 11) is 0. The molecule has 3 amide bonds. The van der Waals surface area contributed by atoms with Gasteiger partial charge in [0.2, 0.25) is 0 Å². The molecule has 0 spiro atoms. The van der Waals surface area contributed by atoms with E-state index in [-0.39, 0.29) is 5.56 Å². The second-order valence-electron chi connectivity index (χ2n) is 3.65. The van der Waals surface area contributed by atoms with Crippen molar-refractivity contribution in [2.24, 2.45) is 0 Å². The number of carbonyl (C=O) groups is 2. The Morgan fingerprint density at radius 3 is 2.50 bits per heavy atom. The standard InChI is InChI=1S/C11H11FN2O2/c1-2-11(9(15)13-10(16)14-11)7-5-3-4-6-8(7)12/h3-6H,2H2,1H3,(H2,13,14,15,16). The molecule has 0 aliphatic carbocycles. The Balaban J connectivity index is 2.55. The number of rotatable bonds is 2. The SMILES string of the molecule is CCC1(c2ccccc2F)NC(=O)NC1=O. The predicted molar refractivity (Wildman–Crippen MR) is 55.0 cm³/mol. The Morgan fingerprint density at radius 2 is 2.00 bits per heavy atom. The van der Waals surface area contributed by atoms with Crippen molar-refractivity contribution in [1.29, 1.82) is 0 Å². The molecule has 1 heterocycles. The van der Waals surface area contributed by atoms with E-state index in [2.05, 4.69) is 10.6 Å². The molecule has 2 N–H and O–H groups in total. The lowest BCUT2D eigenvalue weighted by atomic mass is 9.87. The van der Waals surface area contributed by atoms with Crippen molar-refractivity contribution in [1.82, 2.24) is 10.6 Å². The molecule has 0 saturated carbocycles. The summed E-state index contributed by atoms with van der Waals surface area (Å²) in [5, 5.41) is 4.61. The Labute approximate surface area is 91.8 Å². The van der Waals surface area contributed by atoms with Gasteiger partial charge in [-0.1, -0.05) is 25.1 Å². The highest BCUT2D eigenvalue weighted by Crippen LogP contribution is 2.30. The summed E-state index contributed by atoms with van der Waals surface area (Å²) in [5.41, 5.74) is -1.08. The summed E-state index contributed by atoms with van der Waals surface area (Å²) in [5.74, 6) is -1.01. The van der Waals surface area contributed by atoms with Crippen molar-refractivity contribution in [3.8, 4) is 0 Å². The number of nitrogens with one attached hydrogen (secondary N) is 2. The first-order valence-electron chi connectivity index (χ1n) is 4.99. The normalized spacial score (nSPS) is 24.1. The van der Waals surface area contributed by atoms with Crippen LogP contribution in [0, 0.1) is 5.82 Å². The molecule has 1 saturated heterocycles. The van der Waals surface area contributed by atoms with Crippen LogP contribution in [0.15, 0.2) is 24.3 Å². The smallest absolute Gasteiger partial charge is 0.319 e. The van der Waals surface area contributed by atoms with Crippen LogP contribution in [-0.4, -0.2) is 11.9 Å². The minimum Gasteiger partial charge on any atom is -0.319 e. The number of amides is 3. The van der Waals surface area contributed by atoms with E-state index < -0.39 is 23.3 Å². The summed E-state index contributed by atoms with van der Waals surface area (Å²) >= 11 is 0. The molecule has 0 bridgehead atoms. The summed E-state index contributed by atoms with van der Waals surface area (Å²) in [6.45, 7) is 1.72. The number of carbonyl (C=O) groups excluding carboxylic acids is 2. The molecular formula is C11H11FN2O2. The van der Waals surface area contributed by atoms with Crippen molar-refractivity contribution in [2.75, 3.05) is 0 Å². The number of hydrogen-bond donors (Lipinski definition) is 2. The van der Waals surface area contributed by atoms with E-state index in [1.165, 1.54) is 18.2 Å². The largest absolute Gasteiger partial charge is 0.322 e. The van der Waals surface area contributed by atoms with Crippen LogP contribution < -0.4 is 10.6 Å². The number of imide groups is 1. The maximum absolute atomic E-state index is 13.6. The molecule has 0 radical (unpaired) electrons. The monoisotopic (exact) mass is 222 g/mol. The molecule has 0 aromatic heterocycles. The lowest BCUT2D eigenvalue weighted by molar-refractivity contribution is -0.124. The summed E-state index contributed by atoms with van der Waals surface area (Å²) in [6.07, 6.45) is 0.297. The van der Waals surface area contributed by atoms with Gasteiger partial charge < -0.3 is 5.32 Å². The lowest BCUT2D eigenvalue weighted by Crippen LogP contribution is -2.43. The highest BCUT2D eigenvalue weighted by Gasteiger charge is 2.47. The van der Waals surface area contributed by atoms with E-state index in [0.717, 1.165) is 0 Å². The van der Waals surface area contributed by atoms with Crippen molar-refractivity contribution < 1.29 is 14.0 Å². The molecule has 84 valence electrons. The van der Waals surface area contributed by atoms with Gasteiger partial charge in [0, 0.05) is 5.56 Å². The second kappa shape index (κ2) is 3.59. The van der Waals surface area contributed by atoms with Crippen LogP contribution >= 0.6 is 0 Å². The minimum absolute atomic E-state index is 0.195. The third-order valence-corrected chi connectivity index (χ3v) is 2.81. The van der Waals surface area contributed by atoms with Gasteiger partial charge in [-0.15, -0.1) is 0 Å². The molecule has 1 aromatic carbocycles. The van der Waals surface area contributed by atoms with Crippen molar-refractivity contribution in [3.05, 3.63) is 35.6 Å². The van der Waals surface area contributed by atoms with Crippen LogP contribution in [0.25, 0.3) is 0 Å². The zero-order valence-corrected chi connectivity index (χ0v) is 8.71. The van der Waals surface area contributed by atoms with Crippen molar-refractivity contribution in [2.45, 2.75) is 18.9 Å². The topological polar surface area (TPSA) is 58.2 Å². The van der Waals surface area contributed by atoms with E-state index in [0.29, 0.717) is 6.42 Å². The van der Waals surface area contributed by atoms with Crippen molar-refractivity contribution in [3.63, 3.8) is 0 Å². The molecule has 1 aliphatic heterocycles. The highest BCUT2D eigenvalue weighted by atomic mass is 19.1. The molecule has 1 atom stereocenters. The number of benzene rings is 1. The van der Waals surface area contributed by atoms with Gasteiger partial charge in [0.1, 0.15) is 11.4 Å². The second-order valence-corrected chi connectivity index (χ2v) is 3.65. The van der Waals surface area contributed by atoms with Crippen molar-refractivity contribution >= 4 is 11.9 Å².